The van der Waals surface area contributed by atoms with Gasteiger partial charge in [-0.2, -0.15) is 0 Å². The molecule has 0 aromatic carbocycles. The van der Waals surface area contributed by atoms with Crippen LogP contribution in [0.15, 0.2) is 10.5 Å². The lowest BCUT2D eigenvalue weighted by molar-refractivity contribution is 0.142. The van der Waals surface area contributed by atoms with Crippen LogP contribution in [0.5, 0.6) is 0 Å². The summed E-state index contributed by atoms with van der Waals surface area (Å²) >= 11 is 5.24. The SMILES string of the molecule is Cc1sc(C(O)CC2CCCCCC2)cc1Br. The molecule has 0 saturated heterocycles. The van der Waals surface area contributed by atoms with Crippen molar-refractivity contribution in [2.24, 2.45) is 5.92 Å². The highest BCUT2D eigenvalue weighted by Crippen LogP contribution is 2.36. The summed E-state index contributed by atoms with van der Waals surface area (Å²) in [4.78, 5) is 2.39. The van der Waals surface area contributed by atoms with Gasteiger partial charge in [-0.05, 0) is 41.3 Å². The lowest BCUT2D eigenvalue weighted by atomic mass is 9.93. The zero-order valence-electron chi connectivity index (χ0n) is 10.4. The second-order valence-electron chi connectivity index (χ2n) is 5.16. The van der Waals surface area contributed by atoms with Crippen molar-refractivity contribution < 1.29 is 5.11 Å². The van der Waals surface area contributed by atoms with Crippen LogP contribution in [-0.4, -0.2) is 5.11 Å². The third kappa shape index (κ3) is 3.80. The number of hydrogen-bond acceptors (Lipinski definition) is 2. The van der Waals surface area contributed by atoms with Crippen molar-refractivity contribution in [3.05, 3.63) is 20.3 Å². The van der Waals surface area contributed by atoms with E-state index in [0.29, 0.717) is 0 Å². The van der Waals surface area contributed by atoms with Crippen molar-refractivity contribution in [1.29, 1.82) is 0 Å². The molecule has 1 aromatic rings. The van der Waals surface area contributed by atoms with E-state index in [1.807, 2.05) is 0 Å². The molecule has 1 aromatic heterocycles. The van der Waals surface area contributed by atoms with E-state index in [0.717, 1.165) is 21.7 Å². The average molecular weight is 317 g/mol. The maximum absolute atomic E-state index is 10.3. The highest BCUT2D eigenvalue weighted by atomic mass is 79.9. The van der Waals surface area contributed by atoms with Crippen LogP contribution in [0.1, 0.15) is 60.8 Å². The predicted octanol–water partition coefficient (Wildman–Crippen LogP) is 5.21. The lowest BCUT2D eigenvalue weighted by Gasteiger charge is -2.17. The van der Waals surface area contributed by atoms with Crippen LogP contribution in [0.4, 0.5) is 0 Å². The molecule has 2 rings (SSSR count). The van der Waals surface area contributed by atoms with Crippen molar-refractivity contribution in [2.45, 2.75) is 58.0 Å². The molecule has 17 heavy (non-hydrogen) atoms. The molecule has 1 atom stereocenters. The Morgan fingerprint density at radius 2 is 2.00 bits per heavy atom. The summed E-state index contributed by atoms with van der Waals surface area (Å²) in [5, 5.41) is 10.3. The van der Waals surface area contributed by atoms with Crippen molar-refractivity contribution in [1.82, 2.24) is 0 Å². The van der Waals surface area contributed by atoms with Gasteiger partial charge in [0.2, 0.25) is 0 Å². The fourth-order valence-corrected chi connectivity index (χ4v) is 4.24. The van der Waals surface area contributed by atoms with Gasteiger partial charge in [0.15, 0.2) is 0 Å². The summed E-state index contributed by atoms with van der Waals surface area (Å²) in [5.74, 6) is 0.730. The molecule has 1 nitrogen and oxygen atoms in total. The fraction of sp³-hybridized carbons (Fsp3) is 0.714. The van der Waals surface area contributed by atoms with Gasteiger partial charge in [0, 0.05) is 14.2 Å². The van der Waals surface area contributed by atoms with Crippen molar-refractivity contribution >= 4 is 27.3 Å². The quantitative estimate of drug-likeness (QED) is 0.759. The molecule has 1 saturated carbocycles. The van der Waals surface area contributed by atoms with Crippen molar-refractivity contribution in [3.63, 3.8) is 0 Å². The number of aryl methyl sites for hydroxylation is 1. The molecule has 3 heteroatoms. The molecule has 0 bridgehead atoms. The minimum atomic E-state index is -0.256. The molecule has 1 unspecified atom stereocenters. The highest BCUT2D eigenvalue weighted by molar-refractivity contribution is 9.10. The monoisotopic (exact) mass is 316 g/mol. The summed E-state index contributed by atoms with van der Waals surface area (Å²) in [6, 6.07) is 2.08. The average Bonchev–Trinajstić information content (AvgIpc) is 2.54. The van der Waals surface area contributed by atoms with E-state index in [2.05, 4.69) is 28.9 Å². The van der Waals surface area contributed by atoms with E-state index in [-0.39, 0.29) is 6.10 Å². The first kappa shape index (κ1) is 13.6. The van der Waals surface area contributed by atoms with Crippen LogP contribution in [0.25, 0.3) is 0 Å². The fourth-order valence-electron chi connectivity index (χ4n) is 2.68. The van der Waals surface area contributed by atoms with Crippen molar-refractivity contribution in [2.75, 3.05) is 0 Å². The molecule has 0 radical (unpaired) electrons. The molecule has 1 N–H and O–H groups in total. The summed E-state index contributed by atoms with van der Waals surface area (Å²) in [6.45, 7) is 2.09. The van der Waals surface area contributed by atoms with Gasteiger partial charge in [-0.25, -0.2) is 0 Å². The van der Waals surface area contributed by atoms with E-state index >= 15 is 0 Å². The zero-order valence-corrected chi connectivity index (χ0v) is 12.8. The highest BCUT2D eigenvalue weighted by Gasteiger charge is 2.19. The Kier molecular flexibility index (Phi) is 5.07. The molecule has 1 heterocycles. The first-order chi connectivity index (χ1) is 8.16. The molecule has 1 aliphatic rings. The Morgan fingerprint density at radius 1 is 1.35 bits per heavy atom. The number of halogens is 1. The van der Waals surface area contributed by atoms with Gasteiger partial charge in [0.05, 0.1) is 6.10 Å². The predicted molar refractivity (Wildman–Crippen MR) is 77.5 cm³/mol. The molecule has 1 fully saturated rings. The van der Waals surface area contributed by atoms with Gasteiger partial charge in [0.1, 0.15) is 0 Å². The third-order valence-electron chi connectivity index (χ3n) is 3.74. The largest absolute Gasteiger partial charge is 0.388 e. The maximum Gasteiger partial charge on any atom is 0.0885 e. The van der Waals surface area contributed by atoms with Crippen LogP contribution in [-0.2, 0) is 0 Å². The minimum absolute atomic E-state index is 0.256. The first-order valence-electron chi connectivity index (χ1n) is 6.60. The van der Waals surface area contributed by atoms with Crippen molar-refractivity contribution in [3.8, 4) is 0 Å². The molecule has 0 spiro atoms. The van der Waals surface area contributed by atoms with E-state index in [1.54, 1.807) is 11.3 Å². The van der Waals surface area contributed by atoms with Gasteiger partial charge >= 0.3 is 0 Å². The van der Waals surface area contributed by atoms with Crippen LogP contribution in [0.3, 0.4) is 0 Å². The van der Waals surface area contributed by atoms with E-state index < -0.39 is 0 Å². The summed E-state index contributed by atoms with van der Waals surface area (Å²) < 4.78 is 1.14. The number of rotatable bonds is 3. The normalized spacial score (nSPS) is 20.2. The van der Waals surface area contributed by atoms with Crippen LogP contribution in [0.2, 0.25) is 0 Å². The molecule has 0 aliphatic heterocycles. The molecular weight excluding hydrogens is 296 g/mol. The Hall–Kier alpha value is 0.140. The van der Waals surface area contributed by atoms with E-state index in [1.165, 1.54) is 43.4 Å². The van der Waals surface area contributed by atoms with Crippen LogP contribution >= 0.6 is 27.3 Å². The maximum atomic E-state index is 10.3. The smallest absolute Gasteiger partial charge is 0.0885 e. The number of aliphatic hydroxyl groups is 1. The van der Waals surface area contributed by atoms with Crippen LogP contribution in [0, 0.1) is 12.8 Å². The Balaban J connectivity index is 1.93. The molecule has 96 valence electrons. The van der Waals surface area contributed by atoms with Gasteiger partial charge < -0.3 is 5.11 Å². The van der Waals surface area contributed by atoms with Crippen LogP contribution < -0.4 is 0 Å². The van der Waals surface area contributed by atoms with E-state index in [4.69, 9.17) is 0 Å². The second-order valence-corrected chi connectivity index (χ2v) is 7.30. The second kappa shape index (κ2) is 6.35. The number of aliphatic hydroxyl groups excluding tert-OH is 1. The summed E-state index contributed by atoms with van der Waals surface area (Å²) in [6.07, 6.45) is 8.78. The lowest BCUT2D eigenvalue weighted by Crippen LogP contribution is -2.05. The standard InChI is InChI=1S/C14H21BrOS/c1-10-12(15)9-14(17-10)13(16)8-11-6-4-2-3-5-7-11/h9,11,13,16H,2-8H2,1H3. The molecule has 1 aliphatic carbocycles. The summed E-state index contributed by atoms with van der Waals surface area (Å²) in [5.41, 5.74) is 0. The van der Waals surface area contributed by atoms with Gasteiger partial charge in [-0.1, -0.05) is 38.5 Å². The topological polar surface area (TPSA) is 20.2 Å². The number of hydrogen-bond donors (Lipinski definition) is 1. The van der Waals surface area contributed by atoms with E-state index in [9.17, 15) is 5.11 Å². The van der Waals surface area contributed by atoms with Gasteiger partial charge in [0.25, 0.3) is 0 Å². The zero-order chi connectivity index (χ0) is 12.3. The third-order valence-corrected chi connectivity index (χ3v) is 5.97. The molecular formula is C14H21BrOS. The Labute approximate surface area is 116 Å². The van der Waals surface area contributed by atoms with Gasteiger partial charge in [-0.3, -0.25) is 0 Å². The Bertz CT molecular complexity index is 334. The number of thiophene rings is 1. The summed E-state index contributed by atoms with van der Waals surface area (Å²) in [7, 11) is 0. The molecule has 0 amide bonds. The first-order valence-corrected chi connectivity index (χ1v) is 8.21. The minimum Gasteiger partial charge on any atom is -0.388 e. The van der Waals surface area contributed by atoms with Gasteiger partial charge in [-0.15, -0.1) is 11.3 Å². The Morgan fingerprint density at radius 3 is 2.53 bits per heavy atom.